The van der Waals surface area contributed by atoms with E-state index < -0.39 is 0 Å². The van der Waals surface area contributed by atoms with Crippen LogP contribution in [0.3, 0.4) is 0 Å². The lowest BCUT2D eigenvalue weighted by Crippen LogP contribution is -2.45. The van der Waals surface area contributed by atoms with Crippen molar-refractivity contribution in [3.63, 3.8) is 0 Å². The maximum Gasteiger partial charge on any atom is 0.261 e. The summed E-state index contributed by atoms with van der Waals surface area (Å²) < 4.78 is 11.4. The van der Waals surface area contributed by atoms with E-state index in [4.69, 9.17) is 21.7 Å². The number of benzene rings is 2. The number of ether oxygens (including phenoxy) is 2. The third kappa shape index (κ3) is 5.69. The molecule has 1 aliphatic heterocycles. The zero-order chi connectivity index (χ0) is 18.9. The Labute approximate surface area is 165 Å². The molecule has 2 aromatic rings. The van der Waals surface area contributed by atoms with Crippen LogP contribution in [-0.4, -0.2) is 42.2 Å². The number of thiocarbonyl (C=S) groups is 1. The molecule has 1 fully saturated rings. The summed E-state index contributed by atoms with van der Waals surface area (Å²) in [4.78, 5) is 14.7. The van der Waals surface area contributed by atoms with Gasteiger partial charge < -0.3 is 14.4 Å². The highest BCUT2D eigenvalue weighted by Gasteiger charge is 2.18. The van der Waals surface area contributed by atoms with Crippen molar-refractivity contribution in [2.45, 2.75) is 19.3 Å². The van der Waals surface area contributed by atoms with Gasteiger partial charge in [0.05, 0.1) is 5.56 Å². The number of hydrogen-bond donors (Lipinski definition) is 1. The smallest absolute Gasteiger partial charge is 0.261 e. The van der Waals surface area contributed by atoms with E-state index in [2.05, 4.69) is 5.32 Å². The molecular formula is C21H24N2O3S. The number of amides is 1. The Balaban J connectivity index is 1.53. The van der Waals surface area contributed by atoms with Gasteiger partial charge in [-0.1, -0.05) is 30.3 Å². The number of carbonyl (C=O) groups excluding carboxylic acids is 1. The summed E-state index contributed by atoms with van der Waals surface area (Å²) >= 11 is 5.39. The number of piperidine rings is 1. The van der Waals surface area contributed by atoms with Gasteiger partial charge >= 0.3 is 0 Å². The molecular weight excluding hydrogens is 360 g/mol. The Morgan fingerprint density at radius 1 is 0.926 bits per heavy atom. The molecule has 27 heavy (non-hydrogen) atoms. The van der Waals surface area contributed by atoms with Gasteiger partial charge in [0.15, 0.2) is 5.11 Å². The van der Waals surface area contributed by atoms with Crippen molar-refractivity contribution in [2.75, 3.05) is 26.3 Å². The minimum Gasteiger partial charge on any atom is -0.490 e. The van der Waals surface area contributed by atoms with E-state index in [0.717, 1.165) is 31.7 Å². The van der Waals surface area contributed by atoms with Crippen LogP contribution in [-0.2, 0) is 0 Å². The molecule has 2 aromatic carbocycles. The van der Waals surface area contributed by atoms with Crippen molar-refractivity contribution < 1.29 is 14.3 Å². The first-order chi connectivity index (χ1) is 13.2. The number of para-hydroxylation sites is 2. The average Bonchev–Trinajstić information content (AvgIpc) is 2.73. The first-order valence-electron chi connectivity index (χ1n) is 9.24. The Kier molecular flexibility index (Phi) is 7.04. The number of hydrogen-bond acceptors (Lipinski definition) is 4. The van der Waals surface area contributed by atoms with Gasteiger partial charge in [0.2, 0.25) is 0 Å². The summed E-state index contributed by atoms with van der Waals surface area (Å²) in [6, 6.07) is 16.7. The first-order valence-corrected chi connectivity index (χ1v) is 9.65. The maximum absolute atomic E-state index is 12.6. The normalized spacial score (nSPS) is 13.7. The van der Waals surface area contributed by atoms with Crippen LogP contribution in [0.5, 0.6) is 11.5 Å². The molecule has 6 heteroatoms. The predicted molar refractivity (Wildman–Crippen MR) is 109 cm³/mol. The molecule has 0 aromatic heterocycles. The highest BCUT2D eigenvalue weighted by Crippen LogP contribution is 2.18. The molecule has 5 nitrogen and oxygen atoms in total. The van der Waals surface area contributed by atoms with Gasteiger partial charge in [-0.3, -0.25) is 10.1 Å². The minimum absolute atomic E-state index is 0.245. The average molecular weight is 385 g/mol. The molecule has 0 bridgehead atoms. The van der Waals surface area contributed by atoms with Crippen LogP contribution in [0.15, 0.2) is 54.6 Å². The fourth-order valence-corrected chi connectivity index (χ4v) is 3.22. The fourth-order valence-electron chi connectivity index (χ4n) is 2.95. The zero-order valence-electron chi connectivity index (χ0n) is 15.2. The molecule has 142 valence electrons. The molecule has 1 heterocycles. The second-order valence-electron chi connectivity index (χ2n) is 6.31. The number of nitrogens with zero attached hydrogens (tertiary/aromatic N) is 1. The van der Waals surface area contributed by atoms with Crippen LogP contribution in [0.4, 0.5) is 0 Å². The summed E-state index contributed by atoms with van der Waals surface area (Å²) in [5.74, 6) is 1.07. The van der Waals surface area contributed by atoms with E-state index in [1.54, 1.807) is 12.1 Å². The number of nitrogens with one attached hydrogen (secondary N) is 1. The monoisotopic (exact) mass is 384 g/mol. The van der Waals surface area contributed by atoms with Crippen molar-refractivity contribution in [3.05, 3.63) is 60.2 Å². The van der Waals surface area contributed by atoms with Crippen molar-refractivity contribution in [1.29, 1.82) is 0 Å². The van der Waals surface area contributed by atoms with Crippen LogP contribution >= 0.6 is 12.2 Å². The van der Waals surface area contributed by atoms with Crippen LogP contribution in [0.1, 0.15) is 29.6 Å². The van der Waals surface area contributed by atoms with E-state index >= 15 is 0 Å². The topological polar surface area (TPSA) is 50.8 Å². The van der Waals surface area contributed by atoms with Crippen molar-refractivity contribution >= 4 is 23.2 Å². The van der Waals surface area contributed by atoms with Crippen molar-refractivity contribution in [2.24, 2.45) is 0 Å². The Hall–Kier alpha value is -2.60. The largest absolute Gasteiger partial charge is 0.490 e. The third-order valence-electron chi connectivity index (χ3n) is 4.35. The minimum atomic E-state index is -0.245. The fraction of sp³-hybridized carbons (Fsp3) is 0.333. The summed E-state index contributed by atoms with van der Waals surface area (Å²) in [6.07, 6.45) is 3.43. The van der Waals surface area contributed by atoms with E-state index in [1.807, 2.05) is 47.4 Å². The summed E-state index contributed by atoms with van der Waals surface area (Å²) in [6.45, 7) is 2.53. The van der Waals surface area contributed by atoms with Gasteiger partial charge in [-0.25, -0.2) is 0 Å². The Morgan fingerprint density at radius 3 is 2.37 bits per heavy atom. The Morgan fingerprint density at radius 2 is 1.59 bits per heavy atom. The van der Waals surface area contributed by atoms with E-state index in [1.165, 1.54) is 6.42 Å². The quantitative estimate of drug-likeness (QED) is 0.609. The van der Waals surface area contributed by atoms with Crippen LogP contribution in [0.2, 0.25) is 0 Å². The lowest BCUT2D eigenvalue weighted by molar-refractivity contribution is 0.0967. The molecule has 0 spiro atoms. The standard InChI is InChI=1S/C21H24N2O3S/c24-20(22-21(27)23-13-7-2-8-14-23)18-11-5-6-12-19(18)26-16-15-25-17-9-3-1-4-10-17/h1,3-6,9-12H,2,7-8,13-16H2,(H,22,24,27). The molecule has 0 radical (unpaired) electrons. The van der Waals surface area contributed by atoms with Crippen molar-refractivity contribution in [1.82, 2.24) is 10.2 Å². The molecule has 1 aliphatic rings. The van der Waals surface area contributed by atoms with Gasteiger partial charge in [0, 0.05) is 13.1 Å². The molecule has 3 rings (SSSR count). The molecule has 1 amide bonds. The SMILES string of the molecule is O=C(NC(=S)N1CCCCC1)c1ccccc1OCCOc1ccccc1. The lowest BCUT2D eigenvalue weighted by Gasteiger charge is -2.29. The van der Waals surface area contributed by atoms with E-state index in [0.29, 0.717) is 29.6 Å². The first kappa shape index (κ1) is 19.2. The summed E-state index contributed by atoms with van der Waals surface area (Å²) in [7, 11) is 0. The van der Waals surface area contributed by atoms with Gasteiger partial charge in [-0.05, 0) is 55.7 Å². The number of rotatable bonds is 6. The number of likely N-dealkylation sites (tertiary alicyclic amines) is 1. The summed E-state index contributed by atoms with van der Waals surface area (Å²) in [5.41, 5.74) is 0.469. The van der Waals surface area contributed by atoms with E-state index in [-0.39, 0.29) is 5.91 Å². The predicted octanol–water partition coefficient (Wildman–Crippen LogP) is 3.65. The van der Waals surface area contributed by atoms with Crippen LogP contribution < -0.4 is 14.8 Å². The molecule has 0 atom stereocenters. The van der Waals surface area contributed by atoms with Gasteiger partial charge in [0.25, 0.3) is 5.91 Å². The van der Waals surface area contributed by atoms with E-state index in [9.17, 15) is 4.79 Å². The second-order valence-corrected chi connectivity index (χ2v) is 6.70. The highest BCUT2D eigenvalue weighted by molar-refractivity contribution is 7.80. The lowest BCUT2D eigenvalue weighted by atomic mass is 10.1. The van der Waals surface area contributed by atoms with Gasteiger partial charge in [-0.2, -0.15) is 0 Å². The van der Waals surface area contributed by atoms with Crippen LogP contribution in [0, 0.1) is 0 Å². The maximum atomic E-state index is 12.6. The molecule has 1 N–H and O–H groups in total. The van der Waals surface area contributed by atoms with Gasteiger partial charge in [-0.15, -0.1) is 0 Å². The van der Waals surface area contributed by atoms with Gasteiger partial charge in [0.1, 0.15) is 24.7 Å². The highest BCUT2D eigenvalue weighted by atomic mass is 32.1. The zero-order valence-corrected chi connectivity index (χ0v) is 16.0. The van der Waals surface area contributed by atoms with Crippen molar-refractivity contribution in [3.8, 4) is 11.5 Å². The summed E-state index contributed by atoms with van der Waals surface area (Å²) in [5, 5.41) is 3.32. The second kappa shape index (κ2) is 9.92. The van der Waals surface area contributed by atoms with Crippen LogP contribution in [0.25, 0.3) is 0 Å². The third-order valence-corrected chi connectivity index (χ3v) is 4.71. The molecule has 0 saturated carbocycles. The molecule has 0 unspecified atom stereocenters. The number of carbonyl (C=O) groups is 1. The molecule has 1 saturated heterocycles. The molecule has 0 aliphatic carbocycles. The Bertz CT molecular complexity index is 761.